The molecule has 1 aliphatic rings. The van der Waals surface area contributed by atoms with Crippen molar-refractivity contribution in [3.63, 3.8) is 0 Å². The van der Waals surface area contributed by atoms with Gasteiger partial charge in [-0.15, -0.1) is 0 Å². The van der Waals surface area contributed by atoms with Crippen LogP contribution >= 0.6 is 34.8 Å². The summed E-state index contributed by atoms with van der Waals surface area (Å²) in [6.45, 7) is 7.50. The number of halogens is 3. The molecule has 1 aromatic rings. The van der Waals surface area contributed by atoms with E-state index in [4.69, 9.17) is 44.3 Å². The Bertz CT molecular complexity index is 578. The van der Waals surface area contributed by atoms with Crippen molar-refractivity contribution in [1.82, 2.24) is 5.32 Å². The summed E-state index contributed by atoms with van der Waals surface area (Å²) >= 11 is 17.8. The summed E-state index contributed by atoms with van der Waals surface area (Å²) in [4.78, 5) is 11.4. The Morgan fingerprint density at radius 1 is 1.14 bits per heavy atom. The smallest absolute Gasteiger partial charge is 0.388 e. The van der Waals surface area contributed by atoms with Crippen LogP contribution in [0.25, 0.3) is 0 Å². The number of fused-ring (bicyclic) bond motifs is 1. The van der Waals surface area contributed by atoms with Crippen LogP contribution in [0.3, 0.4) is 0 Å². The number of carbonyl (C=O) groups excluding carboxylic acids is 1. The zero-order valence-electron chi connectivity index (χ0n) is 12.1. The van der Waals surface area contributed by atoms with Gasteiger partial charge in [0.2, 0.25) is 5.91 Å². The van der Waals surface area contributed by atoms with E-state index in [1.807, 2.05) is 12.1 Å². The maximum Gasteiger partial charge on any atom is 0.388 e. The van der Waals surface area contributed by atoms with Crippen molar-refractivity contribution in [1.29, 1.82) is 0 Å². The van der Waals surface area contributed by atoms with Crippen molar-refractivity contribution in [3.05, 3.63) is 23.8 Å². The molecule has 0 bridgehead atoms. The lowest BCUT2D eigenvalue weighted by Gasteiger charge is -2.33. The normalized spacial score (nSPS) is 21.3. The van der Waals surface area contributed by atoms with Crippen molar-refractivity contribution in [2.45, 2.75) is 42.8 Å². The summed E-state index contributed by atoms with van der Waals surface area (Å²) in [5.74, 6) is -1.49. The highest BCUT2D eigenvalue weighted by Crippen LogP contribution is 2.49. The zero-order chi connectivity index (χ0) is 16.1. The third-order valence-corrected chi connectivity index (χ3v) is 3.78. The monoisotopic (exact) mass is 351 g/mol. The average molecular weight is 353 g/mol. The Balaban J connectivity index is 2.42. The molecule has 0 aromatic heterocycles. The van der Waals surface area contributed by atoms with Crippen LogP contribution in [0.5, 0.6) is 11.5 Å². The number of hydrogen-bond acceptors (Lipinski definition) is 3. The van der Waals surface area contributed by atoms with Gasteiger partial charge < -0.3 is 9.47 Å². The molecule has 7 heteroatoms. The van der Waals surface area contributed by atoms with Gasteiger partial charge in [-0.3, -0.25) is 10.1 Å². The lowest BCUT2D eigenvalue weighted by molar-refractivity contribution is -0.142. The standard InChI is InChI=1S/C14H16Cl3NO3/c1-8(19)18-14(13(15,16)17)20-10-6-5-9(12(2,3)4)7-11(10)21-14/h5-7H,1-4H3,(H,18,19)/t14-/m1/s1. The molecular formula is C14H16Cl3NO3. The molecule has 0 saturated carbocycles. The second-order valence-electron chi connectivity index (χ2n) is 5.91. The van der Waals surface area contributed by atoms with E-state index in [2.05, 4.69) is 26.1 Å². The molecule has 1 N–H and O–H groups in total. The van der Waals surface area contributed by atoms with E-state index in [-0.39, 0.29) is 5.41 Å². The molecule has 0 radical (unpaired) electrons. The first-order valence-corrected chi connectivity index (χ1v) is 7.46. The molecular weight excluding hydrogens is 337 g/mol. The topological polar surface area (TPSA) is 47.6 Å². The number of hydrogen-bond donors (Lipinski definition) is 1. The third-order valence-electron chi connectivity index (χ3n) is 3.03. The Kier molecular flexibility index (Phi) is 4.02. The summed E-state index contributed by atoms with van der Waals surface area (Å²) in [6.07, 6.45) is 0. The zero-order valence-corrected chi connectivity index (χ0v) is 14.4. The first-order chi connectivity index (χ1) is 9.45. The average Bonchev–Trinajstić information content (AvgIpc) is 2.63. The fourth-order valence-corrected chi connectivity index (χ4v) is 2.31. The Labute approximate surface area is 138 Å². The van der Waals surface area contributed by atoms with Gasteiger partial charge >= 0.3 is 5.91 Å². The summed E-state index contributed by atoms with van der Waals surface area (Å²) in [5.41, 5.74) is 0.963. The van der Waals surface area contributed by atoms with Gasteiger partial charge in [-0.1, -0.05) is 61.6 Å². The van der Waals surface area contributed by atoms with Crippen molar-refractivity contribution in [2.75, 3.05) is 0 Å². The van der Waals surface area contributed by atoms with E-state index in [9.17, 15) is 4.79 Å². The van der Waals surface area contributed by atoms with Crippen LogP contribution < -0.4 is 14.8 Å². The van der Waals surface area contributed by atoms with E-state index < -0.39 is 15.6 Å². The largest absolute Gasteiger partial charge is 0.428 e. The minimum atomic E-state index is -2.00. The number of benzene rings is 1. The Hall–Kier alpha value is -0.840. The van der Waals surface area contributed by atoms with Crippen molar-refractivity contribution in [2.24, 2.45) is 0 Å². The third kappa shape index (κ3) is 3.17. The van der Waals surface area contributed by atoms with E-state index in [0.29, 0.717) is 11.5 Å². The molecule has 4 nitrogen and oxygen atoms in total. The molecule has 0 fully saturated rings. The number of amides is 1. The first-order valence-electron chi connectivity index (χ1n) is 6.33. The van der Waals surface area contributed by atoms with Gasteiger partial charge in [0.25, 0.3) is 3.79 Å². The molecule has 0 unspecified atom stereocenters. The van der Waals surface area contributed by atoms with Gasteiger partial charge in [0.05, 0.1) is 0 Å². The first kappa shape index (κ1) is 16.5. The van der Waals surface area contributed by atoms with Crippen LogP contribution in [0.1, 0.15) is 33.3 Å². The number of nitrogens with one attached hydrogen (secondary N) is 1. The fourth-order valence-electron chi connectivity index (χ4n) is 1.94. The van der Waals surface area contributed by atoms with Crippen LogP contribution in [0.15, 0.2) is 18.2 Å². The molecule has 1 heterocycles. The van der Waals surface area contributed by atoms with Crippen LogP contribution in [0.4, 0.5) is 0 Å². The maximum absolute atomic E-state index is 11.4. The van der Waals surface area contributed by atoms with Gasteiger partial charge in [-0.25, -0.2) is 0 Å². The van der Waals surface area contributed by atoms with E-state index in [1.165, 1.54) is 6.92 Å². The molecule has 21 heavy (non-hydrogen) atoms. The van der Waals surface area contributed by atoms with E-state index in [0.717, 1.165) is 5.56 Å². The lowest BCUT2D eigenvalue weighted by Crippen LogP contribution is -2.63. The summed E-state index contributed by atoms with van der Waals surface area (Å²) < 4.78 is 9.24. The predicted molar refractivity (Wildman–Crippen MR) is 83.2 cm³/mol. The van der Waals surface area contributed by atoms with Gasteiger partial charge in [0.15, 0.2) is 11.5 Å². The predicted octanol–water partition coefficient (Wildman–Crippen LogP) is 3.92. The van der Waals surface area contributed by atoms with Crippen LogP contribution in [0, 0.1) is 0 Å². The lowest BCUT2D eigenvalue weighted by atomic mass is 9.87. The van der Waals surface area contributed by atoms with Gasteiger partial charge in [-0.05, 0) is 23.1 Å². The number of ether oxygens (including phenoxy) is 2. The van der Waals surface area contributed by atoms with Gasteiger partial charge in [0.1, 0.15) is 0 Å². The minimum absolute atomic E-state index is 0.0718. The van der Waals surface area contributed by atoms with Gasteiger partial charge in [-0.2, -0.15) is 0 Å². The molecule has 1 aromatic carbocycles. The highest BCUT2D eigenvalue weighted by Gasteiger charge is 2.59. The van der Waals surface area contributed by atoms with Crippen molar-refractivity contribution in [3.8, 4) is 11.5 Å². The van der Waals surface area contributed by atoms with E-state index in [1.54, 1.807) is 6.07 Å². The number of alkyl halides is 3. The Morgan fingerprint density at radius 3 is 2.19 bits per heavy atom. The number of carbonyl (C=O) groups is 1. The highest BCUT2D eigenvalue weighted by atomic mass is 35.6. The van der Waals surface area contributed by atoms with Crippen molar-refractivity contribution < 1.29 is 14.3 Å². The van der Waals surface area contributed by atoms with Crippen LogP contribution in [-0.4, -0.2) is 15.6 Å². The molecule has 0 aliphatic carbocycles. The molecule has 0 spiro atoms. The SMILES string of the molecule is CC(=O)N[C@]1(C(Cl)(Cl)Cl)Oc2ccc(C(C)(C)C)cc2O1. The van der Waals surface area contributed by atoms with Crippen LogP contribution in [0.2, 0.25) is 0 Å². The molecule has 1 atom stereocenters. The molecule has 1 amide bonds. The summed E-state index contributed by atoms with van der Waals surface area (Å²) in [5, 5.41) is 2.42. The Morgan fingerprint density at radius 2 is 1.71 bits per heavy atom. The molecule has 116 valence electrons. The highest BCUT2D eigenvalue weighted by molar-refractivity contribution is 6.68. The second-order valence-corrected chi connectivity index (χ2v) is 8.19. The minimum Gasteiger partial charge on any atom is -0.428 e. The summed E-state index contributed by atoms with van der Waals surface area (Å²) in [6, 6.07) is 5.45. The molecule has 1 aliphatic heterocycles. The summed E-state index contributed by atoms with van der Waals surface area (Å²) in [7, 11) is 0. The number of rotatable bonds is 1. The van der Waals surface area contributed by atoms with Gasteiger partial charge in [0, 0.05) is 6.92 Å². The molecule has 2 rings (SSSR count). The van der Waals surface area contributed by atoms with Crippen molar-refractivity contribution >= 4 is 40.7 Å². The van der Waals surface area contributed by atoms with E-state index >= 15 is 0 Å². The fraction of sp³-hybridized carbons (Fsp3) is 0.500. The second kappa shape index (κ2) is 5.11. The van der Waals surface area contributed by atoms with Crippen LogP contribution in [-0.2, 0) is 10.2 Å². The quantitative estimate of drug-likeness (QED) is 0.779. The maximum atomic E-state index is 11.4. The molecule has 0 saturated heterocycles.